The molecule has 1 atom stereocenters. The van der Waals surface area contributed by atoms with Crippen molar-refractivity contribution in [2.24, 2.45) is 5.92 Å². The molecular formula is C9H16O3. The van der Waals surface area contributed by atoms with E-state index >= 15 is 0 Å². The molecule has 1 aliphatic heterocycles. The van der Waals surface area contributed by atoms with Crippen molar-refractivity contribution in [1.29, 1.82) is 0 Å². The number of ether oxygens (including phenoxy) is 2. The molecule has 0 amide bonds. The Kier molecular flexibility index (Phi) is 1.85. The van der Waals surface area contributed by atoms with Crippen LogP contribution in [0.25, 0.3) is 0 Å². The number of hydrogen-bond donors (Lipinski definition) is 0. The quantitative estimate of drug-likeness (QED) is 0.569. The van der Waals surface area contributed by atoms with Gasteiger partial charge in [0.2, 0.25) is 0 Å². The summed E-state index contributed by atoms with van der Waals surface area (Å²) >= 11 is 0. The van der Waals surface area contributed by atoms with E-state index in [1.807, 2.05) is 34.6 Å². The van der Waals surface area contributed by atoms with E-state index < -0.39 is 17.4 Å². The van der Waals surface area contributed by atoms with Crippen molar-refractivity contribution in [1.82, 2.24) is 0 Å². The molecule has 0 bridgehead atoms. The van der Waals surface area contributed by atoms with Crippen LogP contribution in [0.1, 0.15) is 34.6 Å². The van der Waals surface area contributed by atoms with Gasteiger partial charge in [-0.1, -0.05) is 13.8 Å². The second-order valence-electron chi connectivity index (χ2n) is 4.23. The lowest BCUT2D eigenvalue weighted by molar-refractivity contribution is -0.0442. The zero-order valence-electron chi connectivity index (χ0n) is 8.30. The van der Waals surface area contributed by atoms with Gasteiger partial charge in [-0.05, 0) is 26.7 Å². The zero-order valence-corrected chi connectivity index (χ0v) is 8.30. The topological polar surface area (TPSA) is 35.5 Å². The average molecular weight is 172 g/mol. The lowest BCUT2D eigenvalue weighted by atomic mass is 9.79. The Morgan fingerprint density at radius 1 is 1.17 bits per heavy atom. The van der Waals surface area contributed by atoms with E-state index in [1.165, 1.54) is 0 Å². The first-order chi connectivity index (χ1) is 5.29. The minimum absolute atomic E-state index is 0.249. The van der Waals surface area contributed by atoms with Crippen molar-refractivity contribution in [3.05, 3.63) is 0 Å². The van der Waals surface area contributed by atoms with Crippen LogP contribution in [0.3, 0.4) is 0 Å². The van der Waals surface area contributed by atoms with E-state index in [9.17, 15) is 4.79 Å². The Balaban J connectivity index is 2.97. The average Bonchev–Trinajstić information content (AvgIpc) is 2.02. The van der Waals surface area contributed by atoms with Crippen molar-refractivity contribution in [2.45, 2.75) is 45.8 Å². The molecule has 0 saturated carbocycles. The highest BCUT2D eigenvalue weighted by molar-refractivity contribution is 5.64. The summed E-state index contributed by atoms with van der Waals surface area (Å²) in [7, 11) is 0. The summed E-state index contributed by atoms with van der Waals surface area (Å²) in [6, 6.07) is 0. The van der Waals surface area contributed by atoms with Crippen molar-refractivity contribution < 1.29 is 14.3 Å². The van der Waals surface area contributed by atoms with Gasteiger partial charge in [0, 0.05) is 0 Å². The fourth-order valence-electron chi connectivity index (χ4n) is 1.44. The molecule has 1 heterocycles. The van der Waals surface area contributed by atoms with Crippen molar-refractivity contribution in [3.8, 4) is 0 Å². The van der Waals surface area contributed by atoms with Crippen molar-refractivity contribution in [3.63, 3.8) is 0 Å². The van der Waals surface area contributed by atoms with Gasteiger partial charge in [0.1, 0.15) is 5.60 Å². The number of hydrogen-bond acceptors (Lipinski definition) is 3. The summed E-state index contributed by atoms with van der Waals surface area (Å²) in [5.74, 6) is 0.249. The first-order valence-electron chi connectivity index (χ1n) is 4.21. The van der Waals surface area contributed by atoms with Crippen LogP contribution in [0, 0.1) is 5.92 Å². The monoisotopic (exact) mass is 172 g/mol. The van der Waals surface area contributed by atoms with E-state index in [0.29, 0.717) is 0 Å². The largest absolute Gasteiger partial charge is 0.509 e. The lowest BCUT2D eigenvalue weighted by Crippen LogP contribution is -2.48. The number of carbonyl (C=O) groups is 1. The van der Waals surface area contributed by atoms with E-state index in [0.717, 1.165) is 0 Å². The van der Waals surface area contributed by atoms with Gasteiger partial charge >= 0.3 is 6.16 Å². The summed E-state index contributed by atoms with van der Waals surface area (Å²) < 4.78 is 10.2. The van der Waals surface area contributed by atoms with E-state index in [2.05, 4.69) is 0 Å². The van der Waals surface area contributed by atoms with Gasteiger partial charge in [-0.25, -0.2) is 4.79 Å². The minimum atomic E-state index is -0.559. The maximum Gasteiger partial charge on any atom is 0.509 e. The highest BCUT2D eigenvalue weighted by Crippen LogP contribution is 2.41. The summed E-state index contributed by atoms with van der Waals surface area (Å²) in [6.45, 7) is 9.69. The summed E-state index contributed by atoms with van der Waals surface area (Å²) in [5, 5.41) is 0. The maximum atomic E-state index is 10.9. The predicted molar refractivity (Wildman–Crippen MR) is 44.9 cm³/mol. The molecule has 0 aromatic carbocycles. The first-order valence-corrected chi connectivity index (χ1v) is 4.21. The normalized spacial score (nSPS) is 33.3. The Hall–Kier alpha value is -0.730. The van der Waals surface area contributed by atoms with E-state index in [-0.39, 0.29) is 5.92 Å². The zero-order chi connectivity index (χ0) is 9.57. The molecule has 3 nitrogen and oxygen atoms in total. The summed E-state index contributed by atoms with van der Waals surface area (Å²) in [5.41, 5.74) is -1.04. The van der Waals surface area contributed by atoms with Crippen LogP contribution in [0.5, 0.6) is 0 Å². The van der Waals surface area contributed by atoms with Crippen LogP contribution in [-0.2, 0) is 9.47 Å². The van der Waals surface area contributed by atoms with Gasteiger partial charge in [0.15, 0.2) is 5.60 Å². The van der Waals surface area contributed by atoms with Crippen LogP contribution < -0.4 is 0 Å². The van der Waals surface area contributed by atoms with Gasteiger partial charge in [-0.2, -0.15) is 0 Å². The molecule has 0 spiro atoms. The van der Waals surface area contributed by atoms with Crippen LogP contribution in [-0.4, -0.2) is 17.4 Å². The smallest absolute Gasteiger partial charge is 0.424 e. The molecule has 70 valence electrons. The molecule has 1 saturated heterocycles. The molecule has 12 heavy (non-hydrogen) atoms. The van der Waals surface area contributed by atoms with Crippen molar-refractivity contribution >= 4 is 6.16 Å². The molecule has 0 N–H and O–H groups in total. The number of cyclic esters (lactones) is 2. The Labute approximate surface area is 73.0 Å². The molecule has 0 radical (unpaired) electrons. The first kappa shape index (κ1) is 9.36. The number of rotatable bonds is 1. The third kappa shape index (κ3) is 1.08. The molecule has 0 aromatic heterocycles. The summed E-state index contributed by atoms with van der Waals surface area (Å²) in [4.78, 5) is 10.9. The predicted octanol–water partition coefficient (Wildman–Crippen LogP) is 2.35. The van der Waals surface area contributed by atoms with Gasteiger partial charge < -0.3 is 9.47 Å². The molecular weight excluding hydrogens is 156 g/mol. The Morgan fingerprint density at radius 2 is 1.67 bits per heavy atom. The van der Waals surface area contributed by atoms with Gasteiger partial charge in [0.25, 0.3) is 0 Å². The van der Waals surface area contributed by atoms with Crippen LogP contribution in [0.2, 0.25) is 0 Å². The van der Waals surface area contributed by atoms with Crippen LogP contribution >= 0.6 is 0 Å². The molecule has 0 aromatic rings. The highest BCUT2D eigenvalue weighted by atomic mass is 16.8. The lowest BCUT2D eigenvalue weighted by Gasteiger charge is -2.35. The van der Waals surface area contributed by atoms with Crippen LogP contribution in [0.4, 0.5) is 4.79 Å². The van der Waals surface area contributed by atoms with E-state index in [4.69, 9.17) is 9.47 Å². The molecule has 1 aliphatic rings. The van der Waals surface area contributed by atoms with Gasteiger partial charge in [-0.3, -0.25) is 0 Å². The molecule has 3 heteroatoms. The second-order valence-corrected chi connectivity index (χ2v) is 4.23. The maximum absolute atomic E-state index is 10.9. The fraction of sp³-hybridized carbons (Fsp3) is 0.889. The van der Waals surface area contributed by atoms with Crippen molar-refractivity contribution in [2.75, 3.05) is 0 Å². The van der Waals surface area contributed by atoms with E-state index in [1.54, 1.807) is 0 Å². The standard InChI is InChI=1S/C9H16O3/c1-6(2)9(5)8(3,4)11-7(10)12-9/h6H,1-5H3. The second kappa shape index (κ2) is 2.38. The molecule has 1 rings (SSSR count). The Bertz CT molecular complexity index is 208. The van der Waals surface area contributed by atoms with Crippen LogP contribution in [0.15, 0.2) is 0 Å². The highest BCUT2D eigenvalue weighted by Gasteiger charge is 2.55. The minimum Gasteiger partial charge on any atom is -0.424 e. The number of carbonyl (C=O) groups excluding carboxylic acids is 1. The van der Waals surface area contributed by atoms with Gasteiger partial charge in [0.05, 0.1) is 0 Å². The fourth-order valence-corrected chi connectivity index (χ4v) is 1.44. The molecule has 0 aliphatic carbocycles. The summed E-state index contributed by atoms with van der Waals surface area (Å²) in [6.07, 6.45) is -0.559. The van der Waals surface area contributed by atoms with Gasteiger partial charge in [-0.15, -0.1) is 0 Å². The molecule has 1 unspecified atom stereocenters. The Morgan fingerprint density at radius 3 is 1.83 bits per heavy atom. The third-order valence-corrected chi connectivity index (χ3v) is 2.93. The molecule has 1 fully saturated rings. The third-order valence-electron chi connectivity index (χ3n) is 2.93. The SMILES string of the molecule is CC(C)C1(C)OC(=O)OC1(C)C.